The molecule has 2 atom stereocenters. The first-order valence-electron chi connectivity index (χ1n) is 8.86. The molecule has 156 valence electrons. The van der Waals surface area contributed by atoms with E-state index in [9.17, 15) is 26.7 Å². The molecule has 1 amide bonds. The zero-order valence-corrected chi connectivity index (χ0v) is 15.9. The minimum absolute atomic E-state index is 0.0534. The first kappa shape index (κ1) is 20.3. The predicted octanol–water partition coefficient (Wildman–Crippen LogP) is 5.02. The molecule has 1 aromatic heterocycles. The van der Waals surface area contributed by atoms with E-state index < -0.39 is 41.2 Å². The van der Waals surface area contributed by atoms with E-state index in [2.05, 4.69) is 10.4 Å². The Labute approximate surface area is 172 Å². The molecule has 0 bridgehead atoms. The van der Waals surface area contributed by atoms with Gasteiger partial charge in [-0.15, -0.1) is 0 Å². The van der Waals surface area contributed by atoms with E-state index in [1.165, 1.54) is 12.3 Å². The normalized spacial score (nSPS) is 17.8. The first-order chi connectivity index (χ1) is 14.3. The molecule has 2 aromatic carbocycles. The standard InChI is InChI=1S/C20H13ClF5N3O/c21-10-3-1-9(2-4-10)11-7-12(11)20(30)27-14-5-6-29(28-14)8-13-15(22)17(24)19(26)18(25)16(13)23/h1-6,11-12H,7-8H2,(H,27,28,30). The van der Waals surface area contributed by atoms with Crippen molar-refractivity contribution in [3.05, 3.63) is 81.8 Å². The van der Waals surface area contributed by atoms with Crippen LogP contribution in [0.5, 0.6) is 0 Å². The minimum Gasteiger partial charge on any atom is -0.309 e. The number of hydrogen-bond donors (Lipinski definition) is 1. The molecule has 1 N–H and O–H groups in total. The highest BCUT2D eigenvalue weighted by Crippen LogP contribution is 2.48. The van der Waals surface area contributed by atoms with Crippen LogP contribution in [0.15, 0.2) is 36.5 Å². The van der Waals surface area contributed by atoms with Gasteiger partial charge < -0.3 is 5.32 Å². The molecule has 4 nitrogen and oxygen atoms in total. The number of hydrogen-bond acceptors (Lipinski definition) is 2. The molecular formula is C20H13ClF5N3O. The van der Waals surface area contributed by atoms with Crippen molar-refractivity contribution in [2.24, 2.45) is 5.92 Å². The largest absolute Gasteiger partial charge is 0.309 e. The fraction of sp³-hybridized carbons (Fsp3) is 0.200. The Hall–Kier alpha value is -2.94. The third-order valence-electron chi connectivity index (χ3n) is 4.94. The van der Waals surface area contributed by atoms with E-state index >= 15 is 0 Å². The quantitative estimate of drug-likeness (QED) is 0.343. The molecule has 1 saturated carbocycles. The lowest BCUT2D eigenvalue weighted by molar-refractivity contribution is -0.117. The second-order valence-electron chi connectivity index (χ2n) is 6.94. The Kier molecular flexibility index (Phi) is 5.23. The van der Waals surface area contributed by atoms with Crippen LogP contribution in [0, 0.1) is 35.0 Å². The summed E-state index contributed by atoms with van der Waals surface area (Å²) < 4.78 is 68.4. The number of nitrogens with zero attached hydrogens (tertiary/aromatic N) is 2. The molecule has 1 aliphatic carbocycles. The Bertz CT molecular complexity index is 1100. The van der Waals surface area contributed by atoms with Gasteiger partial charge in [0.15, 0.2) is 29.1 Å². The minimum atomic E-state index is -2.22. The summed E-state index contributed by atoms with van der Waals surface area (Å²) in [6.45, 7) is -0.696. The van der Waals surface area contributed by atoms with E-state index in [1.807, 2.05) is 12.1 Å². The lowest BCUT2D eigenvalue weighted by Gasteiger charge is -2.08. The second kappa shape index (κ2) is 7.71. The van der Waals surface area contributed by atoms with Crippen molar-refractivity contribution < 1.29 is 26.7 Å². The number of carbonyl (C=O) groups excluding carboxylic acids is 1. The lowest BCUT2D eigenvalue weighted by Crippen LogP contribution is -2.16. The summed E-state index contributed by atoms with van der Waals surface area (Å²) in [6.07, 6.45) is 1.91. The summed E-state index contributed by atoms with van der Waals surface area (Å²) in [5.74, 6) is -10.5. The maximum atomic E-state index is 13.8. The molecule has 0 saturated heterocycles. The first-order valence-corrected chi connectivity index (χ1v) is 9.24. The highest BCUT2D eigenvalue weighted by molar-refractivity contribution is 6.30. The Morgan fingerprint density at radius 2 is 1.60 bits per heavy atom. The summed E-state index contributed by atoms with van der Waals surface area (Å²) in [5.41, 5.74) is -0.0336. The van der Waals surface area contributed by atoms with Gasteiger partial charge in [-0.25, -0.2) is 22.0 Å². The smallest absolute Gasteiger partial charge is 0.229 e. The number of benzene rings is 2. The number of rotatable bonds is 5. The number of aromatic nitrogens is 2. The van der Waals surface area contributed by atoms with Gasteiger partial charge in [-0.05, 0) is 30.0 Å². The highest BCUT2D eigenvalue weighted by Gasteiger charge is 2.44. The van der Waals surface area contributed by atoms with Gasteiger partial charge in [0.1, 0.15) is 0 Å². The third kappa shape index (κ3) is 3.77. The summed E-state index contributed by atoms with van der Waals surface area (Å²) in [6, 6.07) is 8.54. The molecule has 1 aliphatic rings. The van der Waals surface area contributed by atoms with Crippen molar-refractivity contribution in [2.45, 2.75) is 18.9 Å². The van der Waals surface area contributed by atoms with Crippen LogP contribution in [0.3, 0.4) is 0 Å². The van der Waals surface area contributed by atoms with Crippen molar-refractivity contribution in [3.8, 4) is 0 Å². The Morgan fingerprint density at radius 3 is 2.23 bits per heavy atom. The van der Waals surface area contributed by atoms with Crippen LogP contribution in [0.25, 0.3) is 0 Å². The second-order valence-corrected chi connectivity index (χ2v) is 7.37. The Morgan fingerprint density at radius 1 is 1.00 bits per heavy atom. The number of carbonyl (C=O) groups is 1. The van der Waals surface area contributed by atoms with Crippen molar-refractivity contribution in [3.63, 3.8) is 0 Å². The Balaban J connectivity index is 1.43. The predicted molar refractivity (Wildman–Crippen MR) is 98.5 cm³/mol. The monoisotopic (exact) mass is 441 g/mol. The molecule has 2 unspecified atom stereocenters. The van der Waals surface area contributed by atoms with Gasteiger partial charge in [0.05, 0.1) is 12.1 Å². The molecular weight excluding hydrogens is 429 g/mol. The molecule has 3 aromatic rings. The van der Waals surface area contributed by atoms with Crippen LogP contribution in [-0.2, 0) is 11.3 Å². The number of anilines is 1. The van der Waals surface area contributed by atoms with E-state index in [0.29, 0.717) is 11.4 Å². The molecule has 10 heteroatoms. The SMILES string of the molecule is O=C(Nc1ccn(Cc2c(F)c(F)c(F)c(F)c2F)n1)C1CC1c1ccc(Cl)cc1. The maximum absolute atomic E-state index is 13.8. The molecule has 1 fully saturated rings. The van der Waals surface area contributed by atoms with Gasteiger partial charge in [-0.2, -0.15) is 5.10 Å². The van der Waals surface area contributed by atoms with Gasteiger partial charge in [0.25, 0.3) is 0 Å². The number of nitrogens with one attached hydrogen (secondary N) is 1. The summed E-state index contributed by atoms with van der Waals surface area (Å²) in [7, 11) is 0. The van der Waals surface area contributed by atoms with Gasteiger partial charge in [0, 0.05) is 23.2 Å². The summed E-state index contributed by atoms with van der Waals surface area (Å²) in [5, 5.41) is 7.11. The van der Waals surface area contributed by atoms with Crippen LogP contribution >= 0.6 is 11.6 Å². The van der Waals surface area contributed by atoms with E-state index in [4.69, 9.17) is 11.6 Å². The molecule has 1 heterocycles. The van der Waals surface area contributed by atoms with E-state index in [0.717, 1.165) is 10.2 Å². The van der Waals surface area contributed by atoms with Crippen molar-refractivity contribution in [1.82, 2.24) is 9.78 Å². The maximum Gasteiger partial charge on any atom is 0.229 e. The molecule has 0 spiro atoms. The summed E-state index contributed by atoms with van der Waals surface area (Å²) >= 11 is 5.85. The van der Waals surface area contributed by atoms with Gasteiger partial charge in [0.2, 0.25) is 11.7 Å². The fourth-order valence-electron chi connectivity index (χ4n) is 3.25. The van der Waals surface area contributed by atoms with Crippen molar-refractivity contribution in [2.75, 3.05) is 5.32 Å². The molecule has 0 radical (unpaired) electrons. The topological polar surface area (TPSA) is 46.9 Å². The van der Waals surface area contributed by atoms with Gasteiger partial charge >= 0.3 is 0 Å². The van der Waals surface area contributed by atoms with Crippen LogP contribution in [0.2, 0.25) is 5.02 Å². The van der Waals surface area contributed by atoms with Crippen molar-refractivity contribution >= 4 is 23.3 Å². The fourth-order valence-corrected chi connectivity index (χ4v) is 3.38. The third-order valence-corrected chi connectivity index (χ3v) is 5.19. The molecule has 0 aliphatic heterocycles. The zero-order chi connectivity index (χ0) is 21.6. The zero-order valence-electron chi connectivity index (χ0n) is 15.1. The van der Waals surface area contributed by atoms with Crippen LogP contribution in [-0.4, -0.2) is 15.7 Å². The average Bonchev–Trinajstić information content (AvgIpc) is 3.42. The lowest BCUT2D eigenvalue weighted by atomic mass is 10.1. The summed E-state index contributed by atoms with van der Waals surface area (Å²) in [4.78, 5) is 12.4. The molecule has 30 heavy (non-hydrogen) atoms. The number of amides is 1. The van der Waals surface area contributed by atoms with E-state index in [1.54, 1.807) is 12.1 Å². The van der Waals surface area contributed by atoms with Crippen molar-refractivity contribution in [1.29, 1.82) is 0 Å². The van der Waals surface area contributed by atoms with Gasteiger partial charge in [-0.3, -0.25) is 9.48 Å². The van der Waals surface area contributed by atoms with Crippen LogP contribution in [0.4, 0.5) is 27.8 Å². The average molecular weight is 442 g/mol. The van der Waals surface area contributed by atoms with Crippen LogP contribution < -0.4 is 5.32 Å². The van der Waals surface area contributed by atoms with Gasteiger partial charge in [-0.1, -0.05) is 23.7 Å². The van der Waals surface area contributed by atoms with Crippen LogP contribution in [0.1, 0.15) is 23.5 Å². The highest BCUT2D eigenvalue weighted by atomic mass is 35.5. The molecule has 4 rings (SSSR count). The van der Waals surface area contributed by atoms with E-state index in [-0.39, 0.29) is 23.6 Å². The number of halogens is 6.